The number of anilines is 1. The molecule has 8 nitrogen and oxygen atoms in total. The molecular weight excluding hydrogens is 518 g/mol. The van der Waals surface area contributed by atoms with Crippen LogP contribution in [0.4, 0.5) is 37.0 Å². The zero-order valence-corrected chi connectivity index (χ0v) is 18.8. The van der Waals surface area contributed by atoms with Crippen LogP contribution in [-0.2, 0) is 10.0 Å². The van der Waals surface area contributed by atoms with Crippen LogP contribution >= 0.6 is 0 Å². The lowest BCUT2D eigenvalue weighted by molar-refractivity contribution is -0.0449. The molecule has 0 bridgehead atoms. The Hall–Kier alpha value is -3.33. The average Bonchev–Trinajstić information content (AvgIpc) is 3.33. The summed E-state index contributed by atoms with van der Waals surface area (Å²) < 4.78 is 116. The SMILES string of the molecule is O=C1N(c2noc3cc(F)cc(-c4c(F)cccc4F)c23)CCC2N1C[C@@H](NS(=O)(=O)CF)C2(F)F. The molecule has 2 aliphatic heterocycles. The number of halogens is 6. The minimum absolute atomic E-state index is 0.132. The topological polar surface area (TPSA) is 95.8 Å². The van der Waals surface area contributed by atoms with Crippen molar-refractivity contribution in [2.24, 2.45) is 0 Å². The Labute approximate surface area is 199 Å². The van der Waals surface area contributed by atoms with E-state index in [1.54, 1.807) is 4.72 Å². The van der Waals surface area contributed by atoms with Crippen LogP contribution in [-0.4, -0.2) is 61.6 Å². The molecule has 2 amide bonds. The number of nitrogens with one attached hydrogen (secondary N) is 1. The predicted octanol–water partition coefficient (Wildman–Crippen LogP) is 3.78. The number of hydrogen-bond donors (Lipinski definition) is 1. The van der Waals surface area contributed by atoms with Crippen molar-refractivity contribution in [2.75, 3.05) is 24.0 Å². The molecule has 2 aromatic carbocycles. The maximum Gasteiger partial charge on any atom is 0.326 e. The number of alkyl halides is 3. The molecular formula is C21H16F6N4O4S. The lowest BCUT2D eigenvalue weighted by Gasteiger charge is -2.37. The van der Waals surface area contributed by atoms with E-state index in [0.717, 1.165) is 35.2 Å². The van der Waals surface area contributed by atoms with Gasteiger partial charge in [-0.1, -0.05) is 11.2 Å². The number of carbonyl (C=O) groups is 1. The minimum atomic E-state index is -4.65. The molecule has 192 valence electrons. The Bertz CT molecular complexity index is 1460. The number of sulfonamides is 1. The van der Waals surface area contributed by atoms with Crippen molar-refractivity contribution in [1.82, 2.24) is 14.8 Å². The summed E-state index contributed by atoms with van der Waals surface area (Å²) in [5.41, 5.74) is -1.17. The van der Waals surface area contributed by atoms with Crippen LogP contribution in [0.5, 0.6) is 0 Å². The number of benzene rings is 2. The second-order valence-corrected chi connectivity index (χ2v) is 10.1. The number of fused-ring (bicyclic) bond motifs is 2. The van der Waals surface area contributed by atoms with E-state index < -0.39 is 69.6 Å². The highest BCUT2D eigenvalue weighted by Crippen LogP contribution is 2.43. The molecule has 2 saturated heterocycles. The van der Waals surface area contributed by atoms with Crippen molar-refractivity contribution in [2.45, 2.75) is 24.4 Å². The van der Waals surface area contributed by atoms with Crippen LogP contribution < -0.4 is 9.62 Å². The van der Waals surface area contributed by atoms with E-state index in [4.69, 9.17) is 4.52 Å². The summed E-state index contributed by atoms with van der Waals surface area (Å²) in [4.78, 5) is 14.9. The number of carbonyl (C=O) groups excluding carboxylic acids is 1. The van der Waals surface area contributed by atoms with Gasteiger partial charge in [-0.3, -0.25) is 4.90 Å². The summed E-state index contributed by atoms with van der Waals surface area (Å²) in [5.74, 6) is -6.96. The quantitative estimate of drug-likeness (QED) is 0.503. The highest BCUT2D eigenvalue weighted by atomic mass is 32.2. The van der Waals surface area contributed by atoms with Gasteiger partial charge in [0.15, 0.2) is 11.4 Å². The summed E-state index contributed by atoms with van der Waals surface area (Å²) in [6, 6.07) is -1.99. The smallest absolute Gasteiger partial charge is 0.326 e. The van der Waals surface area contributed by atoms with Gasteiger partial charge in [0.1, 0.15) is 29.5 Å². The van der Waals surface area contributed by atoms with Gasteiger partial charge in [0.25, 0.3) is 5.92 Å². The molecule has 0 radical (unpaired) electrons. The van der Waals surface area contributed by atoms with Crippen molar-refractivity contribution < 1.29 is 44.1 Å². The first kappa shape index (κ1) is 24.4. The number of amides is 2. The Kier molecular flexibility index (Phi) is 5.66. The summed E-state index contributed by atoms with van der Waals surface area (Å²) >= 11 is 0. The molecule has 0 spiro atoms. The van der Waals surface area contributed by atoms with Crippen LogP contribution in [0, 0.1) is 17.5 Å². The van der Waals surface area contributed by atoms with Gasteiger partial charge in [-0.15, -0.1) is 0 Å². The average molecular weight is 534 g/mol. The van der Waals surface area contributed by atoms with Crippen molar-refractivity contribution in [3.05, 3.63) is 47.8 Å². The first-order chi connectivity index (χ1) is 16.9. The Morgan fingerprint density at radius 3 is 2.53 bits per heavy atom. The number of hydrogen-bond acceptors (Lipinski definition) is 5. The van der Waals surface area contributed by atoms with E-state index in [1.165, 1.54) is 0 Å². The molecule has 2 fully saturated rings. The maximum atomic E-state index is 14.9. The van der Waals surface area contributed by atoms with Crippen molar-refractivity contribution >= 4 is 32.8 Å². The Morgan fingerprint density at radius 1 is 1.17 bits per heavy atom. The molecule has 0 saturated carbocycles. The molecule has 1 N–H and O–H groups in total. The van der Waals surface area contributed by atoms with Gasteiger partial charge in [-0.25, -0.2) is 44.3 Å². The zero-order valence-electron chi connectivity index (χ0n) is 18.0. The first-order valence-electron chi connectivity index (χ1n) is 10.5. The molecule has 36 heavy (non-hydrogen) atoms. The number of nitrogens with zero attached hydrogens (tertiary/aromatic N) is 3. The highest BCUT2D eigenvalue weighted by Gasteiger charge is 2.61. The standard InChI is InChI=1S/C21H16F6N4O4S/c22-9-36(33,34)29-15-8-31-16(21(15,26)27)4-5-30(20(31)32)19-18-11(6-10(23)7-14(18)35-28-19)17-12(24)2-1-3-13(17)25/h1-3,6-7,15-16,29H,4-5,8-9H2/t15-,16?/m1/s1. The third kappa shape index (κ3) is 3.77. The lowest BCUT2D eigenvalue weighted by Crippen LogP contribution is -2.56. The predicted molar refractivity (Wildman–Crippen MR) is 114 cm³/mol. The van der Waals surface area contributed by atoms with Gasteiger partial charge in [0.2, 0.25) is 16.0 Å². The van der Waals surface area contributed by atoms with Gasteiger partial charge in [0.05, 0.1) is 10.9 Å². The minimum Gasteiger partial charge on any atom is -0.354 e. The van der Waals surface area contributed by atoms with Gasteiger partial charge < -0.3 is 9.42 Å². The van der Waals surface area contributed by atoms with E-state index in [-0.39, 0.29) is 35.3 Å². The second kappa shape index (κ2) is 8.37. The summed E-state index contributed by atoms with van der Waals surface area (Å²) in [7, 11) is -4.65. The third-order valence-corrected chi connectivity index (χ3v) is 7.17. The fourth-order valence-electron chi connectivity index (χ4n) is 4.67. The van der Waals surface area contributed by atoms with Crippen molar-refractivity contribution in [3.63, 3.8) is 0 Å². The number of aromatic nitrogens is 1. The monoisotopic (exact) mass is 534 g/mol. The summed E-state index contributed by atoms with van der Waals surface area (Å²) in [5, 5.41) is 3.61. The van der Waals surface area contributed by atoms with Crippen LogP contribution in [0.15, 0.2) is 34.9 Å². The van der Waals surface area contributed by atoms with E-state index in [0.29, 0.717) is 4.90 Å². The van der Waals surface area contributed by atoms with Gasteiger partial charge in [0, 0.05) is 24.7 Å². The van der Waals surface area contributed by atoms with E-state index in [2.05, 4.69) is 5.16 Å². The molecule has 2 atom stereocenters. The molecule has 5 rings (SSSR count). The second-order valence-electron chi connectivity index (χ2n) is 8.39. The van der Waals surface area contributed by atoms with Crippen molar-refractivity contribution in [3.8, 4) is 11.1 Å². The van der Waals surface area contributed by atoms with Crippen molar-refractivity contribution in [1.29, 1.82) is 0 Å². The van der Waals surface area contributed by atoms with Crippen LogP contribution in [0.2, 0.25) is 0 Å². The molecule has 1 unspecified atom stereocenters. The fourth-order valence-corrected chi connectivity index (χ4v) is 5.40. The van der Waals surface area contributed by atoms with E-state index >= 15 is 0 Å². The molecule has 1 aromatic heterocycles. The van der Waals surface area contributed by atoms with Crippen LogP contribution in [0.1, 0.15) is 6.42 Å². The van der Waals surface area contributed by atoms with Gasteiger partial charge >= 0.3 is 6.03 Å². The lowest BCUT2D eigenvalue weighted by atomic mass is 9.99. The first-order valence-corrected chi connectivity index (χ1v) is 12.1. The zero-order chi connectivity index (χ0) is 26.0. The molecule has 3 aromatic rings. The Balaban J connectivity index is 1.57. The summed E-state index contributed by atoms with van der Waals surface area (Å²) in [6.45, 7) is -1.12. The molecule has 3 heterocycles. The van der Waals surface area contributed by atoms with Gasteiger partial charge in [-0.05, 0) is 24.6 Å². The molecule has 15 heteroatoms. The largest absolute Gasteiger partial charge is 0.354 e. The van der Waals surface area contributed by atoms with Crippen LogP contribution in [0.25, 0.3) is 22.1 Å². The molecule has 2 aliphatic rings. The van der Waals surface area contributed by atoms with E-state index in [9.17, 15) is 39.6 Å². The third-order valence-electron chi connectivity index (χ3n) is 6.24. The Morgan fingerprint density at radius 2 is 1.86 bits per heavy atom. The highest BCUT2D eigenvalue weighted by molar-refractivity contribution is 7.89. The molecule has 0 aliphatic carbocycles. The maximum absolute atomic E-state index is 14.9. The number of rotatable bonds is 5. The normalized spacial score (nSPS) is 21.9. The summed E-state index contributed by atoms with van der Waals surface area (Å²) in [6.07, 6.45) is -0.356. The van der Waals surface area contributed by atoms with Gasteiger partial charge in [-0.2, -0.15) is 0 Å². The fraction of sp³-hybridized carbons (Fsp3) is 0.333. The van der Waals surface area contributed by atoms with E-state index in [1.807, 2.05) is 0 Å². The number of urea groups is 1. The van der Waals surface area contributed by atoms with Crippen LogP contribution in [0.3, 0.4) is 0 Å².